The number of Topliss-reactive ketones (excluding diaryl/α,β-unsaturated/α-hetero) is 1. The molecule has 4 heteroatoms. The normalized spacial score (nSPS) is 11.2. The Morgan fingerprint density at radius 3 is 2.52 bits per heavy atom. The highest BCUT2D eigenvalue weighted by Crippen LogP contribution is 2.21. The van der Waals surface area contributed by atoms with E-state index in [2.05, 4.69) is 4.98 Å². The molecule has 0 aliphatic carbocycles. The van der Waals surface area contributed by atoms with Gasteiger partial charge >= 0.3 is 0 Å². The average molecular weight is 303 g/mol. The van der Waals surface area contributed by atoms with Crippen LogP contribution in [-0.2, 0) is 0 Å². The van der Waals surface area contributed by atoms with Crippen LogP contribution in [-0.4, -0.2) is 17.3 Å². The molecule has 1 heterocycles. The van der Waals surface area contributed by atoms with Gasteiger partial charge in [-0.1, -0.05) is 42.5 Å². The molecule has 3 aromatic rings. The number of carbonyl (C=O) groups is 1. The zero-order valence-electron chi connectivity index (χ0n) is 12.6. The lowest BCUT2D eigenvalue weighted by Gasteiger charge is -2.05. The summed E-state index contributed by atoms with van der Waals surface area (Å²) >= 11 is 0. The van der Waals surface area contributed by atoms with E-state index in [1.54, 1.807) is 6.07 Å². The molecule has 1 aromatic heterocycles. The van der Waals surface area contributed by atoms with Gasteiger partial charge in [0.25, 0.3) is 0 Å². The Bertz CT molecular complexity index is 883. The van der Waals surface area contributed by atoms with Crippen LogP contribution in [0, 0.1) is 0 Å². The smallest absolute Gasteiger partial charge is 0.194 e. The van der Waals surface area contributed by atoms with Crippen LogP contribution in [0.5, 0.6) is 0 Å². The van der Waals surface area contributed by atoms with E-state index in [0.29, 0.717) is 5.69 Å². The van der Waals surface area contributed by atoms with Crippen molar-refractivity contribution in [1.29, 1.82) is 0 Å². The highest BCUT2D eigenvalue weighted by molar-refractivity contribution is 6.00. The first-order chi connectivity index (χ1) is 11.2. The summed E-state index contributed by atoms with van der Waals surface area (Å²) in [4.78, 5) is 16.3. The summed E-state index contributed by atoms with van der Waals surface area (Å²) in [6.45, 7) is -0.0492. The van der Waals surface area contributed by atoms with Gasteiger partial charge in [-0.2, -0.15) is 0 Å². The van der Waals surface area contributed by atoms with E-state index in [1.165, 1.54) is 0 Å². The van der Waals surface area contributed by atoms with Crippen molar-refractivity contribution in [3.8, 4) is 0 Å². The van der Waals surface area contributed by atoms with Crippen LogP contribution in [0.25, 0.3) is 23.1 Å². The molecule has 0 fully saturated rings. The number of ketones is 1. The predicted molar refractivity (Wildman–Crippen MR) is 94.9 cm³/mol. The molecule has 23 heavy (non-hydrogen) atoms. The maximum absolute atomic E-state index is 11.9. The third kappa shape index (κ3) is 3.27. The van der Waals surface area contributed by atoms with Crippen LogP contribution in [0.4, 0.5) is 5.69 Å². The number of anilines is 1. The number of fused-ring (bicyclic) bond motifs is 1. The van der Waals surface area contributed by atoms with Gasteiger partial charge in [-0.25, -0.2) is 4.98 Å². The standard InChI is InChI=1S/C19H17N3O/c20-12-19(23)18-11-14(16-3-1-2-4-17(16)22-18)8-5-13-6-9-15(21)10-7-13/h1-11H,12,20-21H2. The zero-order chi connectivity index (χ0) is 16.2. The summed E-state index contributed by atoms with van der Waals surface area (Å²) in [6, 6.07) is 17.1. The van der Waals surface area contributed by atoms with Crippen LogP contribution in [0.1, 0.15) is 21.6 Å². The Morgan fingerprint density at radius 1 is 1.04 bits per heavy atom. The molecular formula is C19H17N3O. The Labute approximate surface area is 134 Å². The first-order valence-electron chi connectivity index (χ1n) is 7.34. The molecule has 0 spiro atoms. The topological polar surface area (TPSA) is 82.0 Å². The number of hydrogen-bond donors (Lipinski definition) is 2. The van der Waals surface area contributed by atoms with Gasteiger partial charge in [0.15, 0.2) is 5.78 Å². The third-order valence-electron chi connectivity index (χ3n) is 3.61. The molecule has 0 saturated carbocycles. The van der Waals surface area contributed by atoms with E-state index < -0.39 is 0 Å². The van der Waals surface area contributed by atoms with Crippen molar-refractivity contribution >= 4 is 34.5 Å². The molecule has 0 aliphatic heterocycles. The lowest BCUT2D eigenvalue weighted by atomic mass is 10.0. The Hall–Kier alpha value is -2.98. The molecule has 0 radical (unpaired) electrons. The van der Waals surface area contributed by atoms with Gasteiger partial charge in [0.2, 0.25) is 0 Å². The van der Waals surface area contributed by atoms with Crippen LogP contribution in [0.15, 0.2) is 54.6 Å². The maximum atomic E-state index is 11.9. The van der Waals surface area contributed by atoms with E-state index in [9.17, 15) is 4.79 Å². The van der Waals surface area contributed by atoms with Crippen molar-refractivity contribution in [2.75, 3.05) is 12.3 Å². The molecule has 2 aromatic carbocycles. The van der Waals surface area contributed by atoms with E-state index in [-0.39, 0.29) is 12.3 Å². The SMILES string of the molecule is NCC(=O)c1cc(C=Cc2ccc(N)cc2)c2ccccc2n1. The number of aromatic nitrogens is 1. The Balaban J connectivity index is 2.07. The molecule has 4 nitrogen and oxygen atoms in total. The van der Waals surface area contributed by atoms with Gasteiger partial charge in [0.05, 0.1) is 12.1 Å². The number of para-hydroxylation sites is 1. The molecule has 0 aliphatic rings. The number of rotatable bonds is 4. The van der Waals surface area contributed by atoms with Gasteiger partial charge in [-0.15, -0.1) is 0 Å². The van der Waals surface area contributed by atoms with Crippen LogP contribution in [0.2, 0.25) is 0 Å². The van der Waals surface area contributed by atoms with Crippen molar-refractivity contribution in [1.82, 2.24) is 4.98 Å². The fourth-order valence-electron chi connectivity index (χ4n) is 2.38. The van der Waals surface area contributed by atoms with Gasteiger partial charge in [0, 0.05) is 11.1 Å². The number of pyridine rings is 1. The molecule has 0 unspecified atom stereocenters. The molecule has 0 bridgehead atoms. The van der Waals surface area contributed by atoms with Gasteiger partial charge in [-0.05, 0) is 35.4 Å². The minimum absolute atomic E-state index is 0.0492. The lowest BCUT2D eigenvalue weighted by Crippen LogP contribution is -2.15. The van der Waals surface area contributed by atoms with Crippen LogP contribution in [0.3, 0.4) is 0 Å². The number of nitrogens with zero attached hydrogens (tertiary/aromatic N) is 1. The number of benzene rings is 2. The van der Waals surface area contributed by atoms with Crippen molar-refractivity contribution in [2.45, 2.75) is 0 Å². The fourth-order valence-corrected chi connectivity index (χ4v) is 2.38. The Kier molecular flexibility index (Phi) is 4.17. The molecule has 0 amide bonds. The second-order valence-corrected chi connectivity index (χ2v) is 5.24. The van der Waals surface area contributed by atoms with Crippen LogP contribution < -0.4 is 11.5 Å². The predicted octanol–water partition coefficient (Wildman–Crippen LogP) is 3.13. The minimum Gasteiger partial charge on any atom is -0.399 e. The Morgan fingerprint density at radius 2 is 1.78 bits per heavy atom. The van der Waals surface area contributed by atoms with E-state index in [0.717, 1.165) is 27.7 Å². The summed E-state index contributed by atoms with van der Waals surface area (Å²) < 4.78 is 0. The number of nitrogen functional groups attached to an aromatic ring is 1. The lowest BCUT2D eigenvalue weighted by molar-refractivity contribution is 0.0997. The van der Waals surface area contributed by atoms with Gasteiger partial charge in [0.1, 0.15) is 5.69 Å². The van der Waals surface area contributed by atoms with Gasteiger partial charge < -0.3 is 11.5 Å². The third-order valence-corrected chi connectivity index (χ3v) is 3.61. The highest BCUT2D eigenvalue weighted by atomic mass is 16.1. The van der Waals surface area contributed by atoms with E-state index >= 15 is 0 Å². The average Bonchev–Trinajstić information content (AvgIpc) is 2.60. The molecule has 0 atom stereocenters. The number of carbonyl (C=O) groups excluding carboxylic acids is 1. The van der Waals surface area contributed by atoms with Crippen molar-refractivity contribution in [3.05, 3.63) is 71.4 Å². The summed E-state index contributed by atoms with van der Waals surface area (Å²) in [7, 11) is 0. The quantitative estimate of drug-likeness (QED) is 0.573. The summed E-state index contributed by atoms with van der Waals surface area (Å²) in [5.74, 6) is -0.169. The molecule has 4 N–H and O–H groups in total. The molecular weight excluding hydrogens is 286 g/mol. The number of nitrogens with two attached hydrogens (primary N) is 2. The first-order valence-corrected chi connectivity index (χ1v) is 7.34. The van der Waals surface area contributed by atoms with Crippen molar-refractivity contribution in [2.24, 2.45) is 5.73 Å². The highest BCUT2D eigenvalue weighted by Gasteiger charge is 2.09. The monoisotopic (exact) mass is 303 g/mol. The zero-order valence-corrected chi connectivity index (χ0v) is 12.6. The molecule has 3 rings (SSSR count). The minimum atomic E-state index is -0.169. The maximum Gasteiger partial charge on any atom is 0.194 e. The van der Waals surface area contributed by atoms with E-state index in [4.69, 9.17) is 11.5 Å². The number of hydrogen-bond acceptors (Lipinski definition) is 4. The largest absolute Gasteiger partial charge is 0.399 e. The molecule has 114 valence electrons. The van der Waals surface area contributed by atoms with Crippen LogP contribution >= 0.6 is 0 Å². The molecule has 0 saturated heterocycles. The van der Waals surface area contributed by atoms with E-state index in [1.807, 2.05) is 60.7 Å². The second kappa shape index (κ2) is 6.42. The van der Waals surface area contributed by atoms with Crippen molar-refractivity contribution in [3.63, 3.8) is 0 Å². The fraction of sp³-hybridized carbons (Fsp3) is 0.0526. The summed E-state index contributed by atoms with van der Waals surface area (Å²) in [6.07, 6.45) is 3.96. The van der Waals surface area contributed by atoms with Crippen molar-refractivity contribution < 1.29 is 4.79 Å². The summed E-state index contributed by atoms with van der Waals surface area (Å²) in [5, 5.41) is 0.993. The second-order valence-electron chi connectivity index (χ2n) is 5.24. The van der Waals surface area contributed by atoms with Gasteiger partial charge in [-0.3, -0.25) is 4.79 Å². The summed E-state index contributed by atoms with van der Waals surface area (Å²) in [5.41, 5.74) is 15.0. The first kappa shape index (κ1) is 14.9.